The zero-order valence-electron chi connectivity index (χ0n) is 19.3. The number of benzene rings is 2. The Morgan fingerprint density at radius 1 is 1.06 bits per heavy atom. The van der Waals surface area contributed by atoms with Crippen molar-refractivity contribution in [3.63, 3.8) is 0 Å². The summed E-state index contributed by atoms with van der Waals surface area (Å²) < 4.78 is 7.23. The summed E-state index contributed by atoms with van der Waals surface area (Å²) in [5.74, 6) is 0.578. The SMILES string of the molecule is Cc1ccccc1-n1nc(C(C)(C)C)cc1NC(=O)CN(C)C(=O)COc1ccccc1. The Hall–Kier alpha value is -3.61. The molecule has 0 aliphatic rings. The lowest BCUT2D eigenvalue weighted by Crippen LogP contribution is -2.37. The van der Waals surface area contributed by atoms with E-state index >= 15 is 0 Å². The van der Waals surface area contributed by atoms with Crippen molar-refractivity contribution >= 4 is 17.6 Å². The smallest absolute Gasteiger partial charge is 0.260 e. The summed E-state index contributed by atoms with van der Waals surface area (Å²) in [5.41, 5.74) is 2.60. The molecule has 0 fully saturated rings. The van der Waals surface area contributed by atoms with Crippen LogP contribution < -0.4 is 10.1 Å². The van der Waals surface area contributed by atoms with Crippen molar-refractivity contribution in [3.8, 4) is 11.4 Å². The van der Waals surface area contributed by atoms with Gasteiger partial charge in [-0.3, -0.25) is 9.59 Å². The molecular weight excluding hydrogens is 404 g/mol. The minimum Gasteiger partial charge on any atom is -0.484 e. The van der Waals surface area contributed by atoms with Gasteiger partial charge in [0.25, 0.3) is 5.91 Å². The maximum absolute atomic E-state index is 12.7. The lowest BCUT2D eigenvalue weighted by molar-refractivity contribution is -0.135. The predicted molar refractivity (Wildman–Crippen MR) is 125 cm³/mol. The molecule has 1 heterocycles. The Kier molecular flexibility index (Phi) is 6.98. The van der Waals surface area contributed by atoms with Gasteiger partial charge < -0.3 is 15.0 Å². The van der Waals surface area contributed by atoms with Crippen LogP contribution in [0, 0.1) is 6.92 Å². The molecule has 1 N–H and O–H groups in total. The van der Waals surface area contributed by atoms with Crippen molar-refractivity contribution in [2.45, 2.75) is 33.1 Å². The van der Waals surface area contributed by atoms with Crippen LogP contribution in [-0.2, 0) is 15.0 Å². The molecular formula is C25H30N4O3. The molecule has 0 atom stereocenters. The van der Waals surface area contributed by atoms with Gasteiger partial charge in [-0.05, 0) is 30.7 Å². The maximum Gasteiger partial charge on any atom is 0.260 e. The molecule has 168 valence electrons. The van der Waals surface area contributed by atoms with E-state index < -0.39 is 0 Å². The highest BCUT2D eigenvalue weighted by atomic mass is 16.5. The van der Waals surface area contributed by atoms with Crippen molar-refractivity contribution in [1.82, 2.24) is 14.7 Å². The average molecular weight is 435 g/mol. The van der Waals surface area contributed by atoms with E-state index in [1.807, 2.05) is 55.5 Å². The molecule has 1 aromatic heterocycles. The second kappa shape index (κ2) is 9.68. The van der Waals surface area contributed by atoms with Gasteiger partial charge in [0.05, 0.1) is 17.9 Å². The maximum atomic E-state index is 12.7. The van der Waals surface area contributed by atoms with Crippen LogP contribution in [0.2, 0.25) is 0 Å². The average Bonchev–Trinajstić information content (AvgIpc) is 3.17. The number of carbonyl (C=O) groups excluding carboxylic acids is 2. The van der Waals surface area contributed by atoms with Crippen LogP contribution in [0.5, 0.6) is 5.75 Å². The number of nitrogens with one attached hydrogen (secondary N) is 1. The zero-order valence-corrected chi connectivity index (χ0v) is 19.3. The highest BCUT2D eigenvalue weighted by Crippen LogP contribution is 2.27. The number of amides is 2. The van der Waals surface area contributed by atoms with E-state index in [2.05, 4.69) is 26.1 Å². The number of rotatable bonds is 7. The van der Waals surface area contributed by atoms with Crippen molar-refractivity contribution in [2.24, 2.45) is 0 Å². The minimum absolute atomic E-state index is 0.0964. The van der Waals surface area contributed by atoms with E-state index in [9.17, 15) is 9.59 Å². The van der Waals surface area contributed by atoms with Crippen molar-refractivity contribution in [3.05, 3.63) is 71.9 Å². The summed E-state index contributed by atoms with van der Waals surface area (Å²) in [5, 5.41) is 7.66. The highest BCUT2D eigenvalue weighted by Gasteiger charge is 2.22. The van der Waals surface area contributed by atoms with Gasteiger partial charge >= 0.3 is 0 Å². The van der Waals surface area contributed by atoms with Crippen LogP contribution in [0.4, 0.5) is 5.82 Å². The summed E-state index contributed by atoms with van der Waals surface area (Å²) in [4.78, 5) is 26.5. The fourth-order valence-corrected chi connectivity index (χ4v) is 3.08. The Bertz CT molecular complexity index is 1080. The second-order valence-corrected chi connectivity index (χ2v) is 8.76. The third-order valence-electron chi connectivity index (χ3n) is 5.00. The Balaban J connectivity index is 1.70. The highest BCUT2D eigenvalue weighted by molar-refractivity contribution is 5.94. The summed E-state index contributed by atoms with van der Waals surface area (Å²) in [6.07, 6.45) is 0. The Morgan fingerprint density at radius 2 is 1.72 bits per heavy atom. The lowest BCUT2D eigenvalue weighted by Gasteiger charge is -2.17. The van der Waals surface area contributed by atoms with Crippen LogP contribution in [-0.4, -0.2) is 46.7 Å². The fourth-order valence-electron chi connectivity index (χ4n) is 3.08. The van der Waals surface area contributed by atoms with E-state index in [-0.39, 0.29) is 30.4 Å². The number of hydrogen-bond acceptors (Lipinski definition) is 4. The normalized spacial score (nSPS) is 11.2. The number of aryl methyl sites for hydroxylation is 1. The number of hydrogen-bond donors (Lipinski definition) is 1. The standard InChI is InChI=1S/C25H30N4O3/c1-18-11-9-10-14-20(18)29-22(15-21(27-29)25(2,3)4)26-23(30)16-28(5)24(31)17-32-19-12-7-6-8-13-19/h6-15H,16-17H2,1-5H3,(H,26,30). The largest absolute Gasteiger partial charge is 0.484 e. The van der Waals surface area contributed by atoms with Crippen LogP contribution in [0.25, 0.3) is 5.69 Å². The first-order valence-electron chi connectivity index (χ1n) is 10.5. The topological polar surface area (TPSA) is 76.5 Å². The third-order valence-corrected chi connectivity index (χ3v) is 5.00. The van der Waals surface area contributed by atoms with Gasteiger partial charge in [0.15, 0.2) is 6.61 Å². The molecule has 32 heavy (non-hydrogen) atoms. The summed E-state index contributed by atoms with van der Waals surface area (Å²) in [6, 6.07) is 18.8. The molecule has 3 aromatic rings. The zero-order chi connectivity index (χ0) is 23.3. The molecule has 7 nitrogen and oxygen atoms in total. The summed E-state index contributed by atoms with van der Waals surface area (Å²) in [7, 11) is 1.58. The molecule has 7 heteroatoms. The van der Waals surface area contributed by atoms with Gasteiger partial charge in [-0.25, -0.2) is 4.68 Å². The quantitative estimate of drug-likeness (QED) is 0.611. The number of anilines is 1. The lowest BCUT2D eigenvalue weighted by atomic mass is 9.92. The minimum atomic E-state index is -0.309. The van der Waals surface area contributed by atoms with Crippen LogP contribution in [0.15, 0.2) is 60.7 Å². The van der Waals surface area contributed by atoms with E-state index in [1.165, 1.54) is 4.90 Å². The van der Waals surface area contributed by atoms with Crippen molar-refractivity contribution in [1.29, 1.82) is 0 Å². The van der Waals surface area contributed by atoms with Gasteiger partial charge in [0.1, 0.15) is 11.6 Å². The molecule has 0 aliphatic heterocycles. The first-order chi connectivity index (χ1) is 15.1. The van der Waals surface area contributed by atoms with E-state index in [4.69, 9.17) is 9.84 Å². The molecule has 0 saturated carbocycles. The summed E-state index contributed by atoms with van der Waals surface area (Å²) in [6.45, 7) is 7.98. The van der Waals surface area contributed by atoms with Gasteiger partial charge in [-0.15, -0.1) is 0 Å². The van der Waals surface area contributed by atoms with E-state index in [0.717, 1.165) is 16.9 Å². The number of nitrogens with zero attached hydrogens (tertiary/aromatic N) is 3. The van der Waals surface area contributed by atoms with Gasteiger partial charge in [-0.2, -0.15) is 5.10 Å². The number of ether oxygens (including phenoxy) is 1. The molecule has 2 amide bonds. The molecule has 0 aliphatic carbocycles. The summed E-state index contributed by atoms with van der Waals surface area (Å²) >= 11 is 0. The Labute approximate surface area is 189 Å². The monoisotopic (exact) mass is 434 g/mol. The van der Waals surface area contributed by atoms with E-state index in [1.54, 1.807) is 23.9 Å². The fraction of sp³-hybridized carbons (Fsp3) is 0.320. The van der Waals surface area contributed by atoms with Gasteiger partial charge in [-0.1, -0.05) is 57.2 Å². The number of likely N-dealkylation sites (N-methyl/N-ethyl adjacent to an activating group) is 1. The number of aromatic nitrogens is 2. The van der Waals surface area contributed by atoms with Crippen molar-refractivity contribution < 1.29 is 14.3 Å². The molecule has 0 spiro atoms. The van der Waals surface area contributed by atoms with Crippen LogP contribution >= 0.6 is 0 Å². The van der Waals surface area contributed by atoms with Crippen molar-refractivity contribution in [2.75, 3.05) is 25.5 Å². The van der Waals surface area contributed by atoms with Gasteiger partial charge in [0, 0.05) is 18.5 Å². The molecule has 0 radical (unpaired) electrons. The number of carbonyl (C=O) groups is 2. The second-order valence-electron chi connectivity index (χ2n) is 8.76. The molecule has 0 saturated heterocycles. The molecule has 0 bridgehead atoms. The molecule has 2 aromatic carbocycles. The van der Waals surface area contributed by atoms with E-state index in [0.29, 0.717) is 11.6 Å². The predicted octanol–water partition coefficient (Wildman–Crippen LogP) is 3.95. The molecule has 3 rings (SSSR count). The van der Waals surface area contributed by atoms with Gasteiger partial charge in [0.2, 0.25) is 5.91 Å². The first kappa shape index (κ1) is 23.1. The van der Waals surface area contributed by atoms with Crippen LogP contribution in [0.1, 0.15) is 32.0 Å². The van der Waals surface area contributed by atoms with Crippen LogP contribution in [0.3, 0.4) is 0 Å². The number of para-hydroxylation sites is 2. The molecule has 0 unspecified atom stereocenters. The Morgan fingerprint density at radius 3 is 2.38 bits per heavy atom. The first-order valence-corrected chi connectivity index (χ1v) is 10.5. The third kappa shape index (κ3) is 5.75.